The van der Waals surface area contributed by atoms with Gasteiger partial charge in [0, 0.05) is 38.2 Å². The molecule has 5 heteroatoms. The number of furan rings is 2. The number of aromatic nitrogens is 3. The Hall–Kier alpha value is -6.85. The molecule has 0 saturated heterocycles. The zero-order chi connectivity index (χ0) is 33.0. The summed E-state index contributed by atoms with van der Waals surface area (Å²) in [4.78, 5) is 14.8. The summed E-state index contributed by atoms with van der Waals surface area (Å²) in [5.41, 5.74) is 10.6. The van der Waals surface area contributed by atoms with Gasteiger partial charge in [0.15, 0.2) is 17.5 Å². The molecule has 5 nitrogen and oxygen atoms in total. The van der Waals surface area contributed by atoms with Crippen LogP contribution in [0.5, 0.6) is 0 Å². The van der Waals surface area contributed by atoms with Crippen molar-refractivity contribution in [3.8, 4) is 56.4 Å². The van der Waals surface area contributed by atoms with Crippen molar-refractivity contribution in [1.82, 2.24) is 15.0 Å². The van der Waals surface area contributed by atoms with E-state index in [0.29, 0.717) is 17.5 Å². The van der Waals surface area contributed by atoms with Crippen LogP contribution in [0, 0.1) is 0 Å². The van der Waals surface area contributed by atoms with Crippen molar-refractivity contribution in [3.63, 3.8) is 0 Å². The molecule has 0 bridgehead atoms. The quantitative estimate of drug-likeness (QED) is 0.187. The Balaban J connectivity index is 1.14. The van der Waals surface area contributed by atoms with Crippen molar-refractivity contribution in [3.05, 3.63) is 164 Å². The fraction of sp³-hybridized carbons (Fsp3) is 0. The van der Waals surface area contributed by atoms with Gasteiger partial charge >= 0.3 is 0 Å². The zero-order valence-electron chi connectivity index (χ0n) is 26.7. The molecular weight excluding hydrogens is 615 g/mol. The van der Waals surface area contributed by atoms with Crippen molar-refractivity contribution >= 4 is 43.9 Å². The molecule has 3 heterocycles. The molecule has 0 aliphatic heterocycles. The summed E-state index contributed by atoms with van der Waals surface area (Å²) >= 11 is 0. The van der Waals surface area contributed by atoms with E-state index in [4.69, 9.17) is 23.8 Å². The molecule has 10 rings (SSSR count). The highest BCUT2D eigenvalue weighted by Gasteiger charge is 2.18. The molecule has 7 aromatic carbocycles. The van der Waals surface area contributed by atoms with Gasteiger partial charge in [0.1, 0.15) is 22.3 Å². The first-order valence-corrected chi connectivity index (χ1v) is 16.6. The van der Waals surface area contributed by atoms with E-state index in [9.17, 15) is 0 Å². The van der Waals surface area contributed by atoms with E-state index in [0.717, 1.165) is 82.8 Å². The first-order valence-electron chi connectivity index (χ1n) is 16.6. The van der Waals surface area contributed by atoms with E-state index < -0.39 is 0 Å². The summed E-state index contributed by atoms with van der Waals surface area (Å²) in [6.07, 6.45) is 0. The van der Waals surface area contributed by atoms with E-state index in [1.165, 1.54) is 0 Å². The number of para-hydroxylation sites is 1. The second kappa shape index (κ2) is 11.4. The first-order chi connectivity index (χ1) is 24.8. The standard InChI is InChI=1S/C45H27N3O2/c1-3-12-28(13-4-1)43-46-44(29-14-5-2-6-15-29)48-45(47-43)32-17-9-16-30(26-32)33-19-10-23-40-42(33)36-27-31(24-25-38(36)50-40)34-20-11-22-39-41(34)35-18-7-8-21-37(35)49-39/h1-27H. The molecule has 0 amide bonds. The molecule has 0 N–H and O–H groups in total. The lowest BCUT2D eigenvalue weighted by Gasteiger charge is -2.10. The highest BCUT2D eigenvalue weighted by molar-refractivity contribution is 6.16. The second-order valence-corrected chi connectivity index (χ2v) is 12.4. The predicted octanol–water partition coefficient (Wildman–Crippen LogP) is 12.0. The lowest BCUT2D eigenvalue weighted by molar-refractivity contribution is 0.669. The summed E-state index contributed by atoms with van der Waals surface area (Å²) in [6, 6.07) is 55.7. The van der Waals surface area contributed by atoms with Gasteiger partial charge in [-0.25, -0.2) is 15.0 Å². The van der Waals surface area contributed by atoms with Gasteiger partial charge < -0.3 is 8.83 Å². The van der Waals surface area contributed by atoms with E-state index in [1.807, 2.05) is 84.9 Å². The average Bonchev–Trinajstić information content (AvgIpc) is 3.77. The van der Waals surface area contributed by atoms with Crippen molar-refractivity contribution in [2.24, 2.45) is 0 Å². The van der Waals surface area contributed by atoms with Crippen LogP contribution in [-0.2, 0) is 0 Å². The fourth-order valence-electron chi connectivity index (χ4n) is 7.01. The number of benzene rings is 7. The molecule has 0 spiro atoms. The van der Waals surface area contributed by atoms with Crippen molar-refractivity contribution in [1.29, 1.82) is 0 Å². The van der Waals surface area contributed by atoms with Crippen LogP contribution in [0.4, 0.5) is 0 Å². The molecule has 0 unspecified atom stereocenters. The third-order valence-corrected chi connectivity index (χ3v) is 9.34. The van der Waals surface area contributed by atoms with Gasteiger partial charge in [0.25, 0.3) is 0 Å². The van der Waals surface area contributed by atoms with Crippen LogP contribution in [0.2, 0.25) is 0 Å². The summed E-state index contributed by atoms with van der Waals surface area (Å²) in [6.45, 7) is 0. The summed E-state index contributed by atoms with van der Waals surface area (Å²) in [5, 5.41) is 4.35. The fourth-order valence-corrected chi connectivity index (χ4v) is 7.01. The molecule has 0 saturated carbocycles. The SMILES string of the molecule is c1ccc(-c2nc(-c3ccccc3)nc(-c3cccc(-c4cccc5oc6ccc(-c7cccc8oc9ccccc9c78)cc6c45)c3)n2)cc1. The van der Waals surface area contributed by atoms with E-state index >= 15 is 0 Å². The smallest absolute Gasteiger partial charge is 0.164 e. The first kappa shape index (κ1) is 28.2. The third-order valence-electron chi connectivity index (χ3n) is 9.34. The van der Waals surface area contributed by atoms with Gasteiger partial charge in [-0.2, -0.15) is 0 Å². The number of fused-ring (bicyclic) bond motifs is 6. The maximum atomic E-state index is 6.44. The molecule has 0 aliphatic carbocycles. The topological polar surface area (TPSA) is 65.0 Å². The summed E-state index contributed by atoms with van der Waals surface area (Å²) < 4.78 is 12.7. The Kier molecular flexibility index (Phi) is 6.42. The zero-order valence-corrected chi connectivity index (χ0v) is 26.7. The number of nitrogens with zero attached hydrogens (tertiary/aromatic N) is 3. The lowest BCUT2D eigenvalue weighted by Crippen LogP contribution is -2.00. The lowest BCUT2D eigenvalue weighted by atomic mass is 9.95. The minimum Gasteiger partial charge on any atom is -0.456 e. The van der Waals surface area contributed by atoms with Crippen LogP contribution in [0.1, 0.15) is 0 Å². The predicted molar refractivity (Wildman–Crippen MR) is 202 cm³/mol. The van der Waals surface area contributed by atoms with Crippen LogP contribution >= 0.6 is 0 Å². The second-order valence-electron chi connectivity index (χ2n) is 12.4. The minimum absolute atomic E-state index is 0.617. The Labute approximate surface area is 287 Å². The molecule has 50 heavy (non-hydrogen) atoms. The van der Waals surface area contributed by atoms with Crippen LogP contribution in [0.15, 0.2) is 173 Å². The summed E-state index contributed by atoms with van der Waals surface area (Å²) in [5.74, 6) is 1.89. The number of rotatable bonds is 5. The van der Waals surface area contributed by atoms with Crippen LogP contribution < -0.4 is 0 Å². The van der Waals surface area contributed by atoms with Crippen molar-refractivity contribution in [2.75, 3.05) is 0 Å². The van der Waals surface area contributed by atoms with Crippen LogP contribution in [-0.4, -0.2) is 15.0 Å². The number of hydrogen-bond donors (Lipinski definition) is 0. The minimum atomic E-state index is 0.617. The molecule has 0 radical (unpaired) electrons. The van der Waals surface area contributed by atoms with E-state index in [-0.39, 0.29) is 0 Å². The maximum absolute atomic E-state index is 6.44. The van der Waals surface area contributed by atoms with E-state index in [2.05, 4.69) is 78.9 Å². The number of hydrogen-bond acceptors (Lipinski definition) is 5. The Bertz CT molecular complexity index is 2810. The maximum Gasteiger partial charge on any atom is 0.164 e. The van der Waals surface area contributed by atoms with Gasteiger partial charge in [-0.05, 0) is 58.7 Å². The monoisotopic (exact) mass is 641 g/mol. The highest BCUT2D eigenvalue weighted by atomic mass is 16.3. The van der Waals surface area contributed by atoms with Crippen LogP contribution in [0.25, 0.3) is 100 Å². The van der Waals surface area contributed by atoms with E-state index in [1.54, 1.807) is 0 Å². The van der Waals surface area contributed by atoms with Crippen molar-refractivity contribution < 1.29 is 8.83 Å². The van der Waals surface area contributed by atoms with Gasteiger partial charge in [0.2, 0.25) is 0 Å². The Morgan fingerprint density at radius 2 is 0.760 bits per heavy atom. The molecule has 3 aromatic heterocycles. The Morgan fingerprint density at radius 1 is 0.300 bits per heavy atom. The van der Waals surface area contributed by atoms with Gasteiger partial charge in [-0.1, -0.05) is 127 Å². The molecule has 0 aliphatic rings. The van der Waals surface area contributed by atoms with Gasteiger partial charge in [-0.3, -0.25) is 0 Å². The molecular formula is C45H27N3O2. The molecule has 234 valence electrons. The van der Waals surface area contributed by atoms with Gasteiger partial charge in [-0.15, -0.1) is 0 Å². The van der Waals surface area contributed by atoms with Crippen molar-refractivity contribution in [2.45, 2.75) is 0 Å². The third kappa shape index (κ3) is 4.67. The van der Waals surface area contributed by atoms with Crippen LogP contribution in [0.3, 0.4) is 0 Å². The molecule has 0 fully saturated rings. The largest absolute Gasteiger partial charge is 0.456 e. The van der Waals surface area contributed by atoms with Gasteiger partial charge in [0.05, 0.1) is 0 Å². The average molecular weight is 642 g/mol. The normalized spacial score (nSPS) is 11.6. The molecule has 10 aromatic rings. The molecule has 0 atom stereocenters. The Morgan fingerprint density at radius 3 is 1.42 bits per heavy atom. The summed E-state index contributed by atoms with van der Waals surface area (Å²) in [7, 11) is 0. The highest BCUT2D eigenvalue weighted by Crippen LogP contribution is 2.42.